The summed E-state index contributed by atoms with van der Waals surface area (Å²) in [6.07, 6.45) is 4.26. The molecule has 3 heteroatoms. The maximum Gasteiger partial charge on any atom is 0.392 e. The summed E-state index contributed by atoms with van der Waals surface area (Å²) in [7, 11) is 0. The molecule has 1 aliphatic heterocycles. The average Bonchev–Trinajstić information content (AvgIpc) is 2.33. The maximum absolute atomic E-state index is 11.4. The van der Waals surface area contributed by atoms with Crippen LogP contribution in [0.3, 0.4) is 0 Å². The number of nitrogens with zero attached hydrogens (tertiary/aromatic N) is 1. The monoisotopic (exact) mass is 167 g/mol. The van der Waals surface area contributed by atoms with Gasteiger partial charge in [-0.1, -0.05) is 12.8 Å². The zero-order valence-electron chi connectivity index (χ0n) is 6.99. The van der Waals surface area contributed by atoms with Gasteiger partial charge < -0.3 is 5.11 Å². The van der Waals surface area contributed by atoms with Crippen molar-refractivity contribution in [2.75, 3.05) is 0 Å². The third-order valence-corrected chi connectivity index (χ3v) is 2.96. The molecule has 0 aromatic carbocycles. The van der Waals surface area contributed by atoms with Crippen LogP contribution in [0.1, 0.15) is 25.7 Å². The van der Waals surface area contributed by atoms with Crippen molar-refractivity contribution in [3.05, 3.63) is 6.23 Å². The molecule has 2 atom stereocenters. The first kappa shape index (κ1) is 7.92. The summed E-state index contributed by atoms with van der Waals surface area (Å²) in [5.41, 5.74) is 0. The van der Waals surface area contributed by atoms with Gasteiger partial charge in [0.25, 0.3) is 0 Å². The highest BCUT2D eigenvalue weighted by molar-refractivity contribution is 5.75. The molecule has 0 spiro atoms. The van der Waals surface area contributed by atoms with Gasteiger partial charge in [-0.05, 0) is 12.8 Å². The normalized spacial score (nSPS) is 37.1. The lowest BCUT2D eigenvalue weighted by Crippen LogP contribution is -2.20. The number of aliphatic hydroxyl groups is 1. The third-order valence-electron chi connectivity index (χ3n) is 2.96. The van der Waals surface area contributed by atoms with Crippen molar-refractivity contribution in [2.45, 2.75) is 25.7 Å². The molecule has 1 saturated heterocycles. The zero-order valence-corrected chi connectivity index (χ0v) is 6.99. The van der Waals surface area contributed by atoms with Gasteiger partial charge in [-0.2, -0.15) is 0 Å². The number of carbonyl (C=O) groups excluding carboxylic acids is 1. The molecule has 0 aromatic rings. The van der Waals surface area contributed by atoms with Crippen LogP contribution in [0.25, 0.3) is 0 Å². The summed E-state index contributed by atoms with van der Waals surface area (Å²) < 4.78 is 1.17. The highest BCUT2D eigenvalue weighted by Gasteiger charge is 2.54. The Morgan fingerprint density at radius 1 is 1.33 bits per heavy atom. The van der Waals surface area contributed by atoms with Crippen LogP contribution < -0.4 is 0 Å². The van der Waals surface area contributed by atoms with Crippen molar-refractivity contribution >= 4 is 12.6 Å². The van der Waals surface area contributed by atoms with Crippen LogP contribution in [0.2, 0.25) is 0 Å². The molecule has 1 saturated carbocycles. The van der Waals surface area contributed by atoms with E-state index in [1.165, 1.54) is 4.58 Å². The predicted molar refractivity (Wildman–Crippen MR) is 43.0 cm³/mol. The summed E-state index contributed by atoms with van der Waals surface area (Å²) in [6.45, 7) is 3.52. The number of fused-ring (bicyclic) bond motifs is 1. The molecule has 1 amide bonds. The van der Waals surface area contributed by atoms with E-state index in [1.807, 2.05) is 0 Å². The quantitative estimate of drug-likeness (QED) is 0.545. The Morgan fingerprint density at radius 2 is 1.92 bits per heavy atom. The van der Waals surface area contributed by atoms with Crippen LogP contribution >= 0.6 is 0 Å². The molecule has 1 N–H and O–H groups in total. The molecule has 2 aliphatic rings. The van der Waals surface area contributed by atoms with E-state index in [1.54, 1.807) is 0 Å². The zero-order chi connectivity index (χ0) is 8.72. The minimum atomic E-state index is -0.00259. The summed E-state index contributed by atoms with van der Waals surface area (Å²) >= 11 is 0. The predicted octanol–water partition coefficient (Wildman–Crippen LogP) is 0.908. The summed E-state index contributed by atoms with van der Waals surface area (Å²) in [6, 6.07) is 0. The largest absolute Gasteiger partial charge is 0.392 e. The fourth-order valence-electron chi connectivity index (χ4n) is 2.25. The summed E-state index contributed by atoms with van der Waals surface area (Å²) in [4.78, 5) is 11.4. The third kappa shape index (κ3) is 0.926. The Morgan fingerprint density at radius 3 is 2.50 bits per heavy atom. The van der Waals surface area contributed by atoms with E-state index in [-0.39, 0.29) is 24.0 Å². The Kier molecular flexibility index (Phi) is 1.76. The van der Waals surface area contributed by atoms with E-state index in [2.05, 4.69) is 6.72 Å². The Bertz CT molecular complexity index is 237. The molecule has 2 fully saturated rings. The number of hydrogen-bond acceptors (Lipinski definition) is 2. The highest BCUT2D eigenvalue weighted by Crippen LogP contribution is 2.41. The molecule has 0 aromatic heterocycles. The maximum atomic E-state index is 11.4. The molecule has 0 bridgehead atoms. The Balaban J connectivity index is 2.25. The lowest BCUT2D eigenvalue weighted by atomic mass is 9.81. The molecule has 0 unspecified atom stereocenters. The molecule has 1 heterocycles. The number of carbonyl (C=O) groups is 1. The van der Waals surface area contributed by atoms with E-state index >= 15 is 0 Å². The van der Waals surface area contributed by atoms with E-state index in [0.717, 1.165) is 25.7 Å². The number of aliphatic hydroxyl groups excluding tert-OH is 1. The number of rotatable bonds is 0. The molecule has 3 nitrogen and oxygen atoms in total. The topological polar surface area (TPSA) is 40.3 Å². The minimum Gasteiger partial charge on any atom is -0.326 e. The second-order valence-electron chi connectivity index (χ2n) is 3.62. The van der Waals surface area contributed by atoms with Gasteiger partial charge in [0, 0.05) is 0 Å². The molecule has 12 heavy (non-hydrogen) atoms. The minimum absolute atomic E-state index is 0.00259. The van der Waals surface area contributed by atoms with Crippen molar-refractivity contribution in [3.8, 4) is 0 Å². The molecule has 2 rings (SSSR count). The van der Waals surface area contributed by atoms with Crippen LogP contribution in [0.5, 0.6) is 0 Å². The van der Waals surface area contributed by atoms with Gasteiger partial charge in [0.15, 0.2) is 0 Å². The molecular weight excluding hydrogens is 154 g/mol. The Labute approximate surface area is 71.7 Å². The van der Waals surface area contributed by atoms with Gasteiger partial charge in [-0.25, -0.2) is 4.79 Å². The van der Waals surface area contributed by atoms with Crippen molar-refractivity contribution in [1.29, 1.82) is 0 Å². The van der Waals surface area contributed by atoms with Crippen LogP contribution in [-0.4, -0.2) is 22.3 Å². The van der Waals surface area contributed by atoms with Crippen molar-refractivity contribution < 1.29 is 14.5 Å². The van der Waals surface area contributed by atoms with Crippen LogP contribution in [0, 0.1) is 18.1 Å². The van der Waals surface area contributed by atoms with E-state index < -0.39 is 0 Å². The fourth-order valence-corrected chi connectivity index (χ4v) is 2.25. The highest BCUT2D eigenvalue weighted by atomic mass is 16.3. The van der Waals surface area contributed by atoms with Crippen molar-refractivity contribution in [2.24, 2.45) is 11.8 Å². The molecule has 1 aliphatic carbocycles. The molecular formula is C9H13NO2+. The SMILES string of the molecule is C=[N+]1[C](O)[C@H]2CCCC[C@H]2C1=O. The first-order valence-corrected chi connectivity index (χ1v) is 4.42. The van der Waals surface area contributed by atoms with Crippen LogP contribution in [0.4, 0.5) is 0 Å². The Hall–Kier alpha value is -0.700. The average molecular weight is 167 g/mol. The van der Waals surface area contributed by atoms with Gasteiger partial charge in [0.05, 0.1) is 11.8 Å². The van der Waals surface area contributed by atoms with E-state index in [0.29, 0.717) is 0 Å². The van der Waals surface area contributed by atoms with Gasteiger partial charge in [-0.3, -0.25) is 0 Å². The molecule has 65 valence electrons. The van der Waals surface area contributed by atoms with E-state index in [9.17, 15) is 9.90 Å². The van der Waals surface area contributed by atoms with Gasteiger partial charge in [0.2, 0.25) is 0 Å². The first-order valence-electron chi connectivity index (χ1n) is 4.42. The smallest absolute Gasteiger partial charge is 0.326 e. The number of amides is 1. The lowest BCUT2D eigenvalue weighted by Gasteiger charge is -2.18. The van der Waals surface area contributed by atoms with Gasteiger partial charge in [-0.15, -0.1) is 4.58 Å². The fraction of sp³-hybridized carbons (Fsp3) is 0.667. The van der Waals surface area contributed by atoms with Gasteiger partial charge >= 0.3 is 12.1 Å². The van der Waals surface area contributed by atoms with E-state index in [4.69, 9.17) is 0 Å². The van der Waals surface area contributed by atoms with Crippen LogP contribution in [0.15, 0.2) is 0 Å². The summed E-state index contributed by atoms with van der Waals surface area (Å²) in [5, 5.41) is 9.52. The van der Waals surface area contributed by atoms with Crippen molar-refractivity contribution in [3.63, 3.8) is 0 Å². The first-order chi connectivity index (χ1) is 5.72. The van der Waals surface area contributed by atoms with Crippen LogP contribution in [-0.2, 0) is 4.79 Å². The molecule has 1 radical (unpaired) electrons. The van der Waals surface area contributed by atoms with Crippen molar-refractivity contribution in [1.82, 2.24) is 0 Å². The second kappa shape index (κ2) is 2.66. The number of hydrogen-bond donors (Lipinski definition) is 1. The standard InChI is InChI=1S/C9H13NO2/c1-10-8(11)6-4-2-3-5-7(6)9(10)12/h6-7,11H,1-5H2/q+1/t6-,7+/m0/s1. The summed E-state index contributed by atoms with van der Waals surface area (Å²) in [5.74, 6) is 0.0946. The second-order valence-corrected chi connectivity index (χ2v) is 3.62. The van der Waals surface area contributed by atoms with Gasteiger partial charge in [0.1, 0.15) is 6.72 Å². The lowest BCUT2D eigenvalue weighted by molar-refractivity contribution is -0.457.